The van der Waals surface area contributed by atoms with Crippen molar-refractivity contribution in [2.24, 2.45) is 5.73 Å². The van der Waals surface area contributed by atoms with Crippen molar-refractivity contribution in [3.63, 3.8) is 0 Å². The van der Waals surface area contributed by atoms with Crippen LogP contribution >= 0.6 is 7.82 Å². The zero-order valence-corrected chi connectivity index (χ0v) is 38.0. The van der Waals surface area contributed by atoms with E-state index < -0.39 is 45.1 Å². The maximum atomic E-state index is 12.7. The van der Waals surface area contributed by atoms with Crippen molar-refractivity contribution in [3.05, 3.63) is 36.5 Å². The Morgan fingerprint density at radius 3 is 1.45 bits per heavy atom. The second-order valence-electron chi connectivity index (χ2n) is 15.9. The van der Waals surface area contributed by atoms with Gasteiger partial charge in [-0.2, -0.15) is 0 Å². The van der Waals surface area contributed by atoms with Crippen molar-refractivity contribution >= 4 is 19.8 Å². The molecule has 0 fully saturated rings. The number of hydrogen-bond acceptors (Lipinski definition) is 8. The van der Waals surface area contributed by atoms with Crippen molar-refractivity contribution in [2.45, 2.75) is 225 Å². The third-order valence-electron chi connectivity index (χ3n) is 10.2. The second-order valence-corrected chi connectivity index (χ2v) is 17.3. The molecule has 0 bridgehead atoms. The Morgan fingerprint density at radius 2 is 0.948 bits per heavy atom. The summed E-state index contributed by atoms with van der Waals surface area (Å²) in [5.41, 5.74) is 5.36. The van der Waals surface area contributed by atoms with Crippen molar-refractivity contribution in [2.75, 3.05) is 26.4 Å². The molecular formula is C47H88NO9P. The third kappa shape index (κ3) is 42.3. The van der Waals surface area contributed by atoms with Crippen LogP contribution in [0.5, 0.6) is 0 Å². The predicted octanol–water partition coefficient (Wildman–Crippen LogP) is 13.3. The molecule has 0 aromatic rings. The summed E-state index contributed by atoms with van der Waals surface area (Å²) >= 11 is 0. The van der Waals surface area contributed by atoms with E-state index in [-0.39, 0.29) is 13.0 Å². The van der Waals surface area contributed by atoms with Crippen LogP contribution in [0.4, 0.5) is 0 Å². The van der Waals surface area contributed by atoms with Crippen LogP contribution < -0.4 is 5.73 Å². The van der Waals surface area contributed by atoms with Crippen LogP contribution in [0, 0.1) is 0 Å². The number of allylic oxidation sites excluding steroid dienone is 6. The lowest BCUT2D eigenvalue weighted by Crippen LogP contribution is -2.34. The van der Waals surface area contributed by atoms with Gasteiger partial charge in [-0.3, -0.25) is 18.6 Å². The van der Waals surface area contributed by atoms with Gasteiger partial charge in [0.05, 0.1) is 19.8 Å². The van der Waals surface area contributed by atoms with Gasteiger partial charge < -0.3 is 25.2 Å². The van der Waals surface area contributed by atoms with Gasteiger partial charge in [-0.25, -0.2) is 4.57 Å². The summed E-state index contributed by atoms with van der Waals surface area (Å²) in [5, 5.41) is 8.91. The van der Waals surface area contributed by atoms with Crippen LogP contribution in [0.3, 0.4) is 0 Å². The highest BCUT2D eigenvalue weighted by molar-refractivity contribution is 7.47. The molecule has 0 saturated carbocycles. The quantitative estimate of drug-likeness (QED) is 0.0233. The van der Waals surface area contributed by atoms with Gasteiger partial charge in [0, 0.05) is 13.0 Å². The molecule has 0 aromatic carbocycles. The molecule has 10 nitrogen and oxygen atoms in total. The molecule has 3 unspecified atom stereocenters. The zero-order valence-electron chi connectivity index (χ0n) is 37.1. The first-order chi connectivity index (χ1) is 28.2. The monoisotopic (exact) mass is 842 g/mol. The average Bonchev–Trinajstić information content (AvgIpc) is 3.20. The van der Waals surface area contributed by atoms with Crippen LogP contribution in [0.25, 0.3) is 0 Å². The van der Waals surface area contributed by atoms with Crippen molar-refractivity contribution in [1.29, 1.82) is 0 Å². The van der Waals surface area contributed by atoms with E-state index in [1.165, 1.54) is 135 Å². The van der Waals surface area contributed by atoms with E-state index in [0.29, 0.717) is 13.0 Å². The summed E-state index contributed by atoms with van der Waals surface area (Å²) in [6.07, 6.45) is 49.0. The summed E-state index contributed by atoms with van der Waals surface area (Å²) in [4.78, 5) is 33.6. The number of esters is 1. The minimum absolute atomic E-state index is 0.0127. The Labute approximate surface area is 355 Å². The van der Waals surface area contributed by atoms with Gasteiger partial charge in [0.15, 0.2) is 0 Å². The summed E-state index contributed by atoms with van der Waals surface area (Å²) in [6.45, 7) is 3.86. The predicted molar refractivity (Wildman–Crippen MR) is 240 cm³/mol. The Hall–Kier alpha value is -1.81. The molecule has 0 heterocycles. The molecule has 0 rings (SSSR count). The molecule has 58 heavy (non-hydrogen) atoms. The van der Waals surface area contributed by atoms with Gasteiger partial charge >= 0.3 is 19.8 Å². The number of carboxylic acids is 1. The fourth-order valence-electron chi connectivity index (χ4n) is 6.49. The molecule has 0 aliphatic carbocycles. The van der Waals surface area contributed by atoms with Gasteiger partial charge in [0.2, 0.25) is 0 Å². The Bertz CT molecular complexity index is 1070. The Morgan fingerprint density at radius 1 is 0.552 bits per heavy atom. The number of carbonyl (C=O) groups is 2. The van der Waals surface area contributed by atoms with E-state index in [9.17, 15) is 19.0 Å². The summed E-state index contributed by atoms with van der Waals surface area (Å²) < 4.78 is 33.4. The number of carboxylic acid groups (broad SMARTS) is 1. The number of carbonyl (C=O) groups excluding carboxylic acids is 1. The van der Waals surface area contributed by atoms with Gasteiger partial charge in [-0.05, 0) is 51.4 Å². The van der Waals surface area contributed by atoms with Gasteiger partial charge in [-0.1, -0.05) is 192 Å². The first kappa shape index (κ1) is 56.2. The fourth-order valence-corrected chi connectivity index (χ4v) is 7.27. The van der Waals surface area contributed by atoms with Gasteiger partial charge in [-0.15, -0.1) is 0 Å². The second kappa shape index (κ2) is 43.3. The Balaban J connectivity index is 4.20. The average molecular weight is 842 g/mol. The molecule has 0 saturated heterocycles. The molecule has 11 heteroatoms. The van der Waals surface area contributed by atoms with E-state index in [1.807, 2.05) is 0 Å². The molecule has 3 atom stereocenters. The molecule has 4 N–H and O–H groups in total. The van der Waals surface area contributed by atoms with Crippen molar-refractivity contribution < 1.29 is 42.7 Å². The number of aliphatic carboxylic acids is 1. The molecule has 0 radical (unpaired) electrons. The molecule has 0 amide bonds. The molecular weight excluding hydrogens is 753 g/mol. The van der Waals surface area contributed by atoms with Crippen molar-refractivity contribution in [1.82, 2.24) is 0 Å². The number of phosphoric acid groups is 1. The standard InChI is InChI=1S/C47H88NO9P/c1-3-5-7-9-11-13-15-17-19-21-22-23-24-26-28-30-32-34-36-38-40-54-41-44(42-55-58(52,53)56-43-45(48)47(50)51)57-46(49)39-37-35-33-31-29-27-25-20-18-16-14-12-10-8-6-4-2/h11,13,17,19,22-23,44-45H,3-10,12,14-16,18,20-21,24-43,48H2,1-2H3,(H,50,51)(H,52,53)/b13-11-,19-17-,23-22-. The first-order valence-electron chi connectivity index (χ1n) is 23.5. The number of nitrogens with two attached hydrogens (primary N) is 1. The van der Waals surface area contributed by atoms with E-state index in [4.69, 9.17) is 29.4 Å². The van der Waals surface area contributed by atoms with Crippen LogP contribution in [-0.4, -0.2) is 60.5 Å². The zero-order chi connectivity index (χ0) is 42.6. The van der Waals surface area contributed by atoms with E-state index >= 15 is 0 Å². The lowest BCUT2D eigenvalue weighted by Gasteiger charge is -2.20. The summed E-state index contributed by atoms with van der Waals surface area (Å²) in [6, 6.07) is -1.47. The minimum Gasteiger partial charge on any atom is -0.480 e. The van der Waals surface area contributed by atoms with Crippen LogP contribution in [0.1, 0.15) is 213 Å². The molecule has 340 valence electrons. The normalized spacial score (nSPS) is 14.1. The van der Waals surface area contributed by atoms with Crippen LogP contribution in [-0.2, 0) is 32.7 Å². The minimum atomic E-state index is -4.62. The van der Waals surface area contributed by atoms with E-state index in [0.717, 1.165) is 51.4 Å². The number of ether oxygens (including phenoxy) is 2. The van der Waals surface area contributed by atoms with E-state index in [2.05, 4.69) is 50.3 Å². The van der Waals surface area contributed by atoms with Crippen LogP contribution in [0.15, 0.2) is 36.5 Å². The molecule has 0 aliphatic rings. The summed E-state index contributed by atoms with van der Waals surface area (Å²) in [5.74, 6) is -1.78. The molecule has 0 spiro atoms. The SMILES string of the molecule is CCCCC/C=C\C/C=C\C/C=C\CCCCCCCCCOCC(COP(=O)(O)OCC(N)C(=O)O)OC(=O)CCCCCCCCCCCCCCCCCC. The smallest absolute Gasteiger partial charge is 0.472 e. The van der Waals surface area contributed by atoms with Crippen molar-refractivity contribution in [3.8, 4) is 0 Å². The highest BCUT2D eigenvalue weighted by atomic mass is 31.2. The number of phosphoric ester groups is 1. The molecule has 0 aliphatic heterocycles. The first-order valence-corrected chi connectivity index (χ1v) is 25.0. The summed E-state index contributed by atoms with van der Waals surface area (Å²) in [7, 11) is -4.62. The van der Waals surface area contributed by atoms with Gasteiger partial charge in [0.1, 0.15) is 12.1 Å². The maximum absolute atomic E-state index is 12.7. The number of rotatable bonds is 45. The fraction of sp³-hybridized carbons (Fsp3) is 0.830. The lowest BCUT2D eigenvalue weighted by molar-refractivity contribution is -0.154. The number of hydrogen-bond donors (Lipinski definition) is 3. The third-order valence-corrected chi connectivity index (χ3v) is 11.1. The number of unbranched alkanes of at least 4 members (excludes halogenated alkanes) is 25. The highest BCUT2D eigenvalue weighted by Crippen LogP contribution is 2.43. The van der Waals surface area contributed by atoms with Gasteiger partial charge in [0.25, 0.3) is 0 Å². The van der Waals surface area contributed by atoms with E-state index in [1.54, 1.807) is 0 Å². The Kier molecular flexibility index (Phi) is 41.9. The maximum Gasteiger partial charge on any atom is 0.472 e. The lowest BCUT2D eigenvalue weighted by atomic mass is 10.0. The topological polar surface area (TPSA) is 155 Å². The van der Waals surface area contributed by atoms with Crippen LogP contribution in [0.2, 0.25) is 0 Å². The molecule has 0 aromatic heterocycles. The largest absolute Gasteiger partial charge is 0.480 e. The highest BCUT2D eigenvalue weighted by Gasteiger charge is 2.27.